The standard InChI is InChI=1S/C20H16N4O2/c1-13-6-9-15(10-7-13)24-19(25)12-17(23-24)20(26)22-18-11-8-14-4-2-3-5-16(14)21-18/h2-12,23H,1H3,(H,21,22,26). The lowest BCUT2D eigenvalue weighted by molar-refractivity contribution is 0.102. The fourth-order valence-corrected chi connectivity index (χ4v) is 2.72. The summed E-state index contributed by atoms with van der Waals surface area (Å²) in [5, 5.41) is 6.55. The highest BCUT2D eigenvalue weighted by Gasteiger charge is 2.13. The van der Waals surface area contributed by atoms with Gasteiger partial charge in [-0.3, -0.25) is 14.7 Å². The van der Waals surface area contributed by atoms with Crippen molar-refractivity contribution >= 4 is 22.6 Å². The van der Waals surface area contributed by atoms with Crippen molar-refractivity contribution in [3.63, 3.8) is 0 Å². The summed E-state index contributed by atoms with van der Waals surface area (Å²) in [6, 6.07) is 20.0. The van der Waals surface area contributed by atoms with Gasteiger partial charge in [-0.2, -0.15) is 0 Å². The lowest BCUT2D eigenvalue weighted by Crippen LogP contribution is -2.14. The summed E-state index contributed by atoms with van der Waals surface area (Å²) in [6.45, 7) is 1.97. The highest BCUT2D eigenvalue weighted by Crippen LogP contribution is 2.15. The zero-order chi connectivity index (χ0) is 18.1. The van der Waals surface area contributed by atoms with Crippen LogP contribution in [-0.4, -0.2) is 20.7 Å². The average molecular weight is 344 g/mol. The maximum Gasteiger partial charge on any atom is 0.274 e. The Morgan fingerprint density at radius 1 is 1.04 bits per heavy atom. The number of nitrogens with zero attached hydrogens (tertiary/aromatic N) is 2. The Kier molecular flexibility index (Phi) is 3.85. The molecule has 0 saturated carbocycles. The summed E-state index contributed by atoms with van der Waals surface area (Å²) in [4.78, 5) is 29.1. The van der Waals surface area contributed by atoms with Crippen LogP contribution in [0.2, 0.25) is 0 Å². The highest BCUT2D eigenvalue weighted by molar-refractivity contribution is 6.02. The van der Waals surface area contributed by atoms with Crippen LogP contribution in [0.1, 0.15) is 16.1 Å². The van der Waals surface area contributed by atoms with Gasteiger partial charge in [-0.1, -0.05) is 35.9 Å². The number of carbonyl (C=O) groups is 1. The number of amides is 1. The number of carbonyl (C=O) groups excluding carboxylic acids is 1. The molecule has 0 atom stereocenters. The molecular formula is C20H16N4O2. The molecule has 2 aromatic heterocycles. The van der Waals surface area contributed by atoms with Gasteiger partial charge >= 0.3 is 0 Å². The van der Waals surface area contributed by atoms with Crippen molar-refractivity contribution in [3.05, 3.63) is 88.3 Å². The van der Waals surface area contributed by atoms with Crippen molar-refractivity contribution in [2.24, 2.45) is 0 Å². The molecule has 0 saturated heterocycles. The SMILES string of the molecule is Cc1ccc(-n2[nH]c(C(=O)Nc3ccc4ccccc4n3)cc2=O)cc1. The molecule has 1 amide bonds. The van der Waals surface area contributed by atoms with Gasteiger partial charge in [0.15, 0.2) is 0 Å². The van der Waals surface area contributed by atoms with E-state index in [4.69, 9.17) is 0 Å². The van der Waals surface area contributed by atoms with Crippen molar-refractivity contribution < 1.29 is 4.79 Å². The molecule has 0 unspecified atom stereocenters. The van der Waals surface area contributed by atoms with Gasteiger partial charge in [0.25, 0.3) is 11.5 Å². The van der Waals surface area contributed by atoms with Crippen molar-refractivity contribution in [2.45, 2.75) is 6.92 Å². The Morgan fingerprint density at radius 2 is 1.81 bits per heavy atom. The topological polar surface area (TPSA) is 79.8 Å². The molecule has 4 rings (SSSR count). The number of aromatic nitrogens is 3. The number of para-hydroxylation sites is 1. The lowest BCUT2D eigenvalue weighted by atomic mass is 10.2. The number of aryl methyl sites for hydroxylation is 1. The Labute approximate surface area is 149 Å². The van der Waals surface area contributed by atoms with Crippen LogP contribution < -0.4 is 10.9 Å². The number of anilines is 1. The van der Waals surface area contributed by atoms with E-state index >= 15 is 0 Å². The maximum absolute atomic E-state index is 12.5. The second kappa shape index (κ2) is 6.33. The van der Waals surface area contributed by atoms with Crippen LogP contribution in [0, 0.1) is 6.92 Å². The molecule has 0 bridgehead atoms. The molecule has 0 fully saturated rings. The zero-order valence-electron chi connectivity index (χ0n) is 14.1. The molecule has 6 heteroatoms. The van der Waals surface area contributed by atoms with Gasteiger partial charge < -0.3 is 5.32 Å². The molecule has 0 spiro atoms. The van der Waals surface area contributed by atoms with Crippen LogP contribution in [-0.2, 0) is 0 Å². The third-order valence-corrected chi connectivity index (χ3v) is 4.10. The van der Waals surface area contributed by atoms with Gasteiger partial charge in [-0.05, 0) is 37.3 Å². The van der Waals surface area contributed by atoms with Crippen molar-refractivity contribution in [1.29, 1.82) is 0 Å². The first-order valence-corrected chi connectivity index (χ1v) is 8.16. The minimum atomic E-state index is -0.421. The van der Waals surface area contributed by atoms with E-state index in [9.17, 15) is 9.59 Å². The monoisotopic (exact) mass is 344 g/mol. The first-order chi connectivity index (χ1) is 12.6. The molecule has 0 aliphatic rings. The van der Waals surface area contributed by atoms with Crippen molar-refractivity contribution in [2.75, 3.05) is 5.32 Å². The van der Waals surface area contributed by atoms with E-state index in [1.54, 1.807) is 6.07 Å². The van der Waals surface area contributed by atoms with E-state index in [1.807, 2.05) is 61.5 Å². The maximum atomic E-state index is 12.5. The van der Waals surface area contributed by atoms with Crippen LogP contribution in [0.3, 0.4) is 0 Å². The molecule has 0 aliphatic carbocycles. The molecule has 0 radical (unpaired) electrons. The van der Waals surface area contributed by atoms with Gasteiger partial charge in [-0.15, -0.1) is 0 Å². The van der Waals surface area contributed by atoms with Crippen LogP contribution in [0.5, 0.6) is 0 Å². The van der Waals surface area contributed by atoms with E-state index in [-0.39, 0.29) is 11.3 Å². The summed E-state index contributed by atoms with van der Waals surface area (Å²) in [5.41, 5.74) is 2.42. The summed E-state index contributed by atoms with van der Waals surface area (Å²) < 4.78 is 1.34. The van der Waals surface area contributed by atoms with Crippen LogP contribution >= 0.6 is 0 Å². The van der Waals surface area contributed by atoms with Crippen LogP contribution in [0.25, 0.3) is 16.6 Å². The molecule has 0 aliphatic heterocycles. The highest BCUT2D eigenvalue weighted by atomic mass is 16.2. The van der Waals surface area contributed by atoms with E-state index in [0.29, 0.717) is 11.5 Å². The van der Waals surface area contributed by atoms with Crippen LogP contribution in [0.15, 0.2) is 71.5 Å². The second-order valence-electron chi connectivity index (χ2n) is 6.02. The largest absolute Gasteiger partial charge is 0.305 e. The molecule has 2 aromatic carbocycles. The van der Waals surface area contributed by atoms with Gasteiger partial charge in [0, 0.05) is 11.5 Å². The predicted molar refractivity (Wildman–Crippen MR) is 101 cm³/mol. The minimum absolute atomic E-state index is 0.172. The Bertz CT molecular complexity index is 1160. The number of H-pyrrole nitrogens is 1. The zero-order valence-corrected chi connectivity index (χ0v) is 14.1. The molecule has 4 aromatic rings. The molecule has 2 heterocycles. The predicted octanol–water partition coefficient (Wildman–Crippen LogP) is 3.27. The van der Waals surface area contributed by atoms with Gasteiger partial charge in [0.05, 0.1) is 11.2 Å². The lowest BCUT2D eigenvalue weighted by Gasteiger charge is -2.05. The van der Waals surface area contributed by atoms with Gasteiger partial charge in [0.1, 0.15) is 11.5 Å². The first-order valence-electron chi connectivity index (χ1n) is 8.16. The molecule has 6 nitrogen and oxygen atoms in total. The van der Waals surface area contributed by atoms with Crippen molar-refractivity contribution in [1.82, 2.24) is 14.8 Å². The third-order valence-electron chi connectivity index (χ3n) is 4.10. The molecule has 26 heavy (non-hydrogen) atoms. The summed E-state index contributed by atoms with van der Waals surface area (Å²) in [5.74, 6) is 0.00776. The Morgan fingerprint density at radius 3 is 2.62 bits per heavy atom. The van der Waals surface area contributed by atoms with E-state index < -0.39 is 5.91 Å². The number of rotatable bonds is 3. The number of hydrogen-bond acceptors (Lipinski definition) is 3. The normalized spacial score (nSPS) is 10.8. The first kappa shape index (κ1) is 15.8. The Hall–Kier alpha value is -3.67. The van der Waals surface area contributed by atoms with E-state index in [2.05, 4.69) is 15.4 Å². The number of fused-ring (bicyclic) bond motifs is 1. The van der Waals surface area contributed by atoms with E-state index in [0.717, 1.165) is 16.5 Å². The molecule has 128 valence electrons. The third kappa shape index (κ3) is 3.00. The molecular weight excluding hydrogens is 328 g/mol. The minimum Gasteiger partial charge on any atom is -0.305 e. The number of hydrogen-bond donors (Lipinski definition) is 2. The smallest absolute Gasteiger partial charge is 0.274 e. The number of pyridine rings is 1. The quantitative estimate of drug-likeness (QED) is 0.598. The number of aromatic amines is 1. The number of nitrogens with one attached hydrogen (secondary N) is 2. The van der Waals surface area contributed by atoms with Gasteiger partial charge in [0.2, 0.25) is 0 Å². The summed E-state index contributed by atoms with van der Waals surface area (Å²) >= 11 is 0. The van der Waals surface area contributed by atoms with Gasteiger partial charge in [-0.25, -0.2) is 9.67 Å². The fourth-order valence-electron chi connectivity index (χ4n) is 2.72. The van der Waals surface area contributed by atoms with Crippen LogP contribution in [0.4, 0.5) is 5.82 Å². The Balaban J connectivity index is 1.61. The number of benzene rings is 2. The van der Waals surface area contributed by atoms with E-state index in [1.165, 1.54) is 10.7 Å². The summed E-state index contributed by atoms with van der Waals surface area (Å²) in [6.07, 6.45) is 0. The molecule has 2 N–H and O–H groups in total. The summed E-state index contributed by atoms with van der Waals surface area (Å²) in [7, 11) is 0. The fraction of sp³-hybridized carbons (Fsp3) is 0.0500. The average Bonchev–Trinajstić information content (AvgIpc) is 3.04. The van der Waals surface area contributed by atoms with Crippen molar-refractivity contribution in [3.8, 4) is 5.69 Å². The second-order valence-corrected chi connectivity index (χ2v) is 6.02.